The van der Waals surface area contributed by atoms with Crippen molar-refractivity contribution in [2.75, 3.05) is 6.54 Å². The van der Waals surface area contributed by atoms with Gasteiger partial charge >= 0.3 is 0 Å². The quantitative estimate of drug-likeness (QED) is 0.892. The average Bonchev–Trinajstić information content (AvgIpc) is 2.73. The smallest absolute Gasteiger partial charge is 0.253 e. The van der Waals surface area contributed by atoms with Crippen LogP contribution in [0.3, 0.4) is 0 Å². The zero-order valence-electron chi connectivity index (χ0n) is 13.1. The van der Waals surface area contributed by atoms with Gasteiger partial charge in [-0.1, -0.05) is 6.07 Å². The number of carbonyl (C=O) groups is 1. The van der Waals surface area contributed by atoms with Crippen LogP contribution in [0.25, 0.3) is 5.69 Å². The largest absolute Gasteiger partial charge is 0.393 e. The molecule has 0 aliphatic heterocycles. The van der Waals surface area contributed by atoms with E-state index in [-0.39, 0.29) is 11.7 Å². The Morgan fingerprint density at radius 3 is 2.73 bits per heavy atom. The summed E-state index contributed by atoms with van der Waals surface area (Å²) in [7, 11) is 0. The molecule has 22 heavy (non-hydrogen) atoms. The monoisotopic (exact) mass is 304 g/mol. The van der Waals surface area contributed by atoms with Crippen molar-refractivity contribution in [1.29, 1.82) is 0 Å². The first kappa shape index (κ1) is 16.2. The van der Waals surface area contributed by atoms with Crippen LogP contribution in [0.2, 0.25) is 0 Å². The molecule has 1 unspecified atom stereocenters. The lowest BCUT2D eigenvalue weighted by Gasteiger charge is -2.10. The number of aliphatic hydroxyl groups is 1. The Balaban J connectivity index is 2.25. The Morgan fingerprint density at radius 2 is 2.09 bits per heavy atom. The average molecular weight is 304 g/mol. The maximum Gasteiger partial charge on any atom is 0.253 e. The van der Waals surface area contributed by atoms with Gasteiger partial charge in [0.05, 0.1) is 11.7 Å². The van der Waals surface area contributed by atoms with Gasteiger partial charge in [0.1, 0.15) is 5.82 Å². The summed E-state index contributed by atoms with van der Waals surface area (Å²) >= 11 is 0. The van der Waals surface area contributed by atoms with Crippen molar-refractivity contribution in [2.24, 2.45) is 0 Å². The molecule has 0 fully saturated rings. The third-order valence-corrected chi connectivity index (χ3v) is 3.59. The fourth-order valence-electron chi connectivity index (χ4n) is 2.50. The predicted molar refractivity (Wildman–Crippen MR) is 83.8 cm³/mol. The van der Waals surface area contributed by atoms with E-state index in [1.54, 1.807) is 25.1 Å². The summed E-state index contributed by atoms with van der Waals surface area (Å²) in [5.74, 6) is -0.496. The Morgan fingerprint density at radius 1 is 1.36 bits per heavy atom. The standard InChI is InChI=1S/C17H21FN2O2/c1-11-9-16(17(22)19-8-7-12(2)21)13(3)20(11)15-6-4-5-14(18)10-15/h4-6,9-10,12,21H,7-8H2,1-3H3,(H,19,22). The number of halogens is 1. The molecule has 1 heterocycles. The van der Waals surface area contributed by atoms with Crippen LogP contribution < -0.4 is 5.32 Å². The summed E-state index contributed by atoms with van der Waals surface area (Å²) in [6.45, 7) is 5.81. The van der Waals surface area contributed by atoms with Crippen molar-refractivity contribution >= 4 is 5.91 Å². The third-order valence-electron chi connectivity index (χ3n) is 3.59. The van der Waals surface area contributed by atoms with Crippen LogP contribution in [0.4, 0.5) is 4.39 Å². The van der Waals surface area contributed by atoms with E-state index in [2.05, 4.69) is 5.32 Å². The summed E-state index contributed by atoms with van der Waals surface area (Å²) in [5, 5.41) is 12.0. The van der Waals surface area contributed by atoms with Gasteiger partial charge in [0, 0.05) is 23.6 Å². The third kappa shape index (κ3) is 3.54. The highest BCUT2D eigenvalue weighted by atomic mass is 19.1. The molecule has 4 nitrogen and oxygen atoms in total. The number of benzene rings is 1. The van der Waals surface area contributed by atoms with Crippen LogP contribution in [-0.4, -0.2) is 28.2 Å². The molecule has 2 N–H and O–H groups in total. The Labute approximate surface area is 129 Å². The van der Waals surface area contributed by atoms with Crippen molar-refractivity contribution in [2.45, 2.75) is 33.3 Å². The molecule has 1 amide bonds. The second-order valence-electron chi connectivity index (χ2n) is 5.49. The van der Waals surface area contributed by atoms with Crippen molar-refractivity contribution < 1.29 is 14.3 Å². The predicted octanol–water partition coefficient (Wildman–Crippen LogP) is 2.73. The lowest BCUT2D eigenvalue weighted by atomic mass is 10.2. The second-order valence-corrected chi connectivity index (χ2v) is 5.49. The minimum Gasteiger partial charge on any atom is -0.393 e. The van der Waals surface area contributed by atoms with Crippen molar-refractivity contribution in [1.82, 2.24) is 9.88 Å². The fraction of sp³-hybridized carbons (Fsp3) is 0.353. The highest BCUT2D eigenvalue weighted by molar-refractivity contribution is 5.95. The van der Waals surface area contributed by atoms with E-state index < -0.39 is 6.10 Å². The maximum atomic E-state index is 13.4. The van der Waals surface area contributed by atoms with Crippen LogP contribution in [0.5, 0.6) is 0 Å². The van der Waals surface area contributed by atoms with Crippen LogP contribution in [0.1, 0.15) is 35.1 Å². The minimum absolute atomic E-state index is 0.184. The van der Waals surface area contributed by atoms with Gasteiger partial charge in [-0.05, 0) is 51.5 Å². The van der Waals surface area contributed by atoms with Gasteiger partial charge in [-0.3, -0.25) is 4.79 Å². The van der Waals surface area contributed by atoms with Gasteiger partial charge in [0.2, 0.25) is 0 Å². The second kappa shape index (κ2) is 6.75. The van der Waals surface area contributed by atoms with Gasteiger partial charge < -0.3 is 15.0 Å². The first-order chi connectivity index (χ1) is 10.4. The number of nitrogens with zero attached hydrogens (tertiary/aromatic N) is 1. The highest BCUT2D eigenvalue weighted by Gasteiger charge is 2.16. The molecular weight excluding hydrogens is 283 g/mol. The molecule has 1 atom stereocenters. The number of aryl methyl sites for hydroxylation is 1. The molecule has 2 aromatic rings. The molecule has 118 valence electrons. The summed E-state index contributed by atoms with van der Waals surface area (Å²) in [6.07, 6.45) is 0.0639. The molecule has 0 saturated heterocycles. The SMILES string of the molecule is Cc1cc(C(=O)NCCC(C)O)c(C)n1-c1cccc(F)c1. The van der Waals surface area contributed by atoms with Gasteiger partial charge in [0.15, 0.2) is 0 Å². The minimum atomic E-state index is -0.444. The molecular formula is C17H21FN2O2. The molecule has 5 heteroatoms. The van der Waals surface area contributed by atoms with E-state index in [0.717, 1.165) is 11.4 Å². The van der Waals surface area contributed by atoms with E-state index in [4.69, 9.17) is 0 Å². The van der Waals surface area contributed by atoms with E-state index in [0.29, 0.717) is 24.2 Å². The number of rotatable bonds is 5. The highest BCUT2D eigenvalue weighted by Crippen LogP contribution is 2.21. The Hall–Kier alpha value is -2.14. The number of aromatic nitrogens is 1. The van der Waals surface area contributed by atoms with Crippen molar-refractivity contribution in [3.63, 3.8) is 0 Å². The zero-order valence-corrected chi connectivity index (χ0v) is 13.1. The topological polar surface area (TPSA) is 54.3 Å². The van der Waals surface area contributed by atoms with E-state index in [1.165, 1.54) is 12.1 Å². The van der Waals surface area contributed by atoms with Gasteiger partial charge in [-0.15, -0.1) is 0 Å². The summed E-state index contributed by atoms with van der Waals surface area (Å²) in [4.78, 5) is 12.2. The van der Waals surface area contributed by atoms with Crippen molar-refractivity contribution in [3.05, 3.63) is 53.1 Å². The molecule has 0 aliphatic carbocycles. The number of hydrogen-bond donors (Lipinski definition) is 2. The molecule has 1 aromatic heterocycles. The number of carbonyl (C=O) groups excluding carboxylic acids is 1. The molecule has 0 bridgehead atoms. The van der Waals surface area contributed by atoms with Crippen LogP contribution in [0.15, 0.2) is 30.3 Å². The van der Waals surface area contributed by atoms with E-state index >= 15 is 0 Å². The van der Waals surface area contributed by atoms with Gasteiger partial charge in [-0.2, -0.15) is 0 Å². The Bertz CT molecular complexity index is 677. The molecule has 0 saturated carbocycles. The van der Waals surface area contributed by atoms with Crippen molar-refractivity contribution in [3.8, 4) is 5.69 Å². The lowest BCUT2D eigenvalue weighted by Crippen LogP contribution is -2.26. The normalized spacial score (nSPS) is 12.2. The molecule has 0 spiro atoms. The zero-order chi connectivity index (χ0) is 16.3. The first-order valence-electron chi connectivity index (χ1n) is 7.31. The van der Waals surface area contributed by atoms with Crippen LogP contribution in [0, 0.1) is 19.7 Å². The van der Waals surface area contributed by atoms with Crippen LogP contribution >= 0.6 is 0 Å². The molecule has 1 aromatic carbocycles. The summed E-state index contributed by atoms with van der Waals surface area (Å²) in [6, 6.07) is 8.07. The van der Waals surface area contributed by atoms with Crippen LogP contribution in [-0.2, 0) is 0 Å². The number of aliphatic hydroxyl groups excluding tert-OH is 1. The fourth-order valence-corrected chi connectivity index (χ4v) is 2.50. The lowest BCUT2D eigenvalue weighted by molar-refractivity contribution is 0.0945. The molecule has 0 aliphatic rings. The molecule has 2 rings (SSSR count). The Kier molecular flexibility index (Phi) is 4.98. The number of nitrogens with one attached hydrogen (secondary N) is 1. The van der Waals surface area contributed by atoms with E-state index in [9.17, 15) is 14.3 Å². The van der Waals surface area contributed by atoms with Gasteiger partial charge in [-0.25, -0.2) is 4.39 Å². The first-order valence-corrected chi connectivity index (χ1v) is 7.31. The summed E-state index contributed by atoms with van der Waals surface area (Å²) in [5.41, 5.74) is 2.88. The number of hydrogen-bond acceptors (Lipinski definition) is 2. The van der Waals surface area contributed by atoms with Gasteiger partial charge in [0.25, 0.3) is 5.91 Å². The van der Waals surface area contributed by atoms with E-state index in [1.807, 2.05) is 18.4 Å². The molecule has 0 radical (unpaired) electrons. The number of amides is 1. The summed E-state index contributed by atoms with van der Waals surface area (Å²) < 4.78 is 15.3. The maximum absolute atomic E-state index is 13.4.